The van der Waals surface area contributed by atoms with E-state index in [0.29, 0.717) is 24.3 Å². The molecule has 10 heteroatoms. The van der Waals surface area contributed by atoms with Crippen molar-refractivity contribution in [3.63, 3.8) is 0 Å². The molecule has 1 aromatic rings. The van der Waals surface area contributed by atoms with Crippen LogP contribution >= 0.6 is 0 Å². The van der Waals surface area contributed by atoms with Gasteiger partial charge in [0, 0.05) is 49.6 Å². The number of ether oxygens (including phenoxy) is 2. The number of para-hydroxylation sites is 1. The van der Waals surface area contributed by atoms with Crippen molar-refractivity contribution < 1.29 is 23.9 Å². The summed E-state index contributed by atoms with van der Waals surface area (Å²) in [6.45, 7) is 5.58. The van der Waals surface area contributed by atoms with Gasteiger partial charge in [-0.2, -0.15) is 0 Å². The summed E-state index contributed by atoms with van der Waals surface area (Å²) in [5.74, 6) is 1.79. The minimum absolute atomic E-state index is 0.0416. The molecule has 0 spiro atoms. The summed E-state index contributed by atoms with van der Waals surface area (Å²) in [5.41, 5.74) is 6.23. The third-order valence-corrected chi connectivity index (χ3v) is 7.41. The number of nitrogens with one attached hydrogen (secondary N) is 2. The van der Waals surface area contributed by atoms with Gasteiger partial charge in [-0.3, -0.25) is 19.4 Å². The smallest absolute Gasteiger partial charge is 0.227 e. The number of methoxy groups -OCH3 is 1. The van der Waals surface area contributed by atoms with Crippen molar-refractivity contribution >= 4 is 24.9 Å². The summed E-state index contributed by atoms with van der Waals surface area (Å²) < 4.78 is 11.2. The second-order valence-corrected chi connectivity index (χ2v) is 10.7. The molecule has 4 N–H and O–H groups in total. The van der Waals surface area contributed by atoms with Gasteiger partial charge in [-0.1, -0.05) is 42.5 Å². The summed E-state index contributed by atoms with van der Waals surface area (Å²) >= 11 is 0. The standard InChI is InChI=1S/C22H27NO3.C10H13N3O.CH3NO/c1-17-13-19(16-25-2)15-23(17)22(24)14-18-7-6-10-21(12-11-18)26-20-8-4-3-5-9-20;1-7(12-6-14)10-4-8-5-11-3-2-9(8)13-10;2-1-3/h3-12,17,19,21H,13-16H2,1-2H3;2-9,13H,1H3,(H,12,14);1H,(H2,2,3). The number of primary amides is 1. The van der Waals surface area contributed by atoms with Crippen molar-refractivity contribution in [3.8, 4) is 5.75 Å². The number of nitrogens with two attached hydrogens (primary N) is 1. The molecule has 1 fully saturated rings. The molecule has 5 rings (SSSR count). The molecule has 230 valence electrons. The molecule has 3 amide bonds. The summed E-state index contributed by atoms with van der Waals surface area (Å²) in [4.78, 5) is 37.6. The summed E-state index contributed by atoms with van der Waals surface area (Å²) in [5, 5.41) is 6.06. The molecule has 10 nitrogen and oxygen atoms in total. The predicted octanol–water partition coefficient (Wildman–Crippen LogP) is 3.05. The van der Waals surface area contributed by atoms with Crippen LogP contribution in [0.1, 0.15) is 26.7 Å². The van der Waals surface area contributed by atoms with Gasteiger partial charge in [0.1, 0.15) is 11.9 Å². The van der Waals surface area contributed by atoms with Crippen LogP contribution in [-0.4, -0.2) is 74.3 Å². The lowest BCUT2D eigenvalue weighted by Crippen LogP contribution is -2.35. The van der Waals surface area contributed by atoms with Gasteiger partial charge in [0.05, 0.1) is 25.1 Å². The molecule has 6 atom stereocenters. The normalized spacial score (nSPS) is 25.3. The van der Waals surface area contributed by atoms with Crippen LogP contribution in [0.4, 0.5) is 0 Å². The lowest BCUT2D eigenvalue weighted by atomic mass is 10.0. The largest absolute Gasteiger partial charge is 0.482 e. The van der Waals surface area contributed by atoms with Crippen LogP contribution in [0.25, 0.3) is 0 Å². The molecule has 6 unspecified atom stereocenters. The lowest BCUT2D eigenvalue weighted by Gasteiger charge is -2.21. The monoisotopic (exact) mass is 589 g/mol. The summed E-state index contributed by atoms with van der Waals surface area (Å²) in [7, 11) is 1.72. The molecule has 1 saturated heterocycles. The van der Waals surface area contributed by atoms with Crippen molar-refractivity contribution in [3.05, 3.63) is 90.3 Å². The minimum Gasteiger partial charge on any atom is -0.482 e. The van der Waals surface area contributed by atoms with Gasteiger partial charge in [0.2, 0.25) is 18.7 Å². The number of hydrogen-bond donors (Lipinski definition) is 3. The number of nitrogens with zero attached hydrogens (tertiary/aromatic N) is 2. The zero-order valence-corrected chi connectivity index (χ0v) is 25.0. The van der Waals surface area contributed by atoms with E-state index in [9.17, 15) is 9.59 Å². The zero-order chi connectivity index (χ0) is 31.0. The van der Waals surface area contributed by atoms with Crippen molar-refractivity contribution in [2.24, 2.45) is 22.6 Å². The van der Waals surface area contributed by atoms with E-state index >= 15 is 0 Å². The fourth-order valence-corrected chi connectivity index (χ4v) is 5.31. The first-order chi connectivity index (χ1) is 20.9. The molecule has 43 heavy (non-hydrogen) atoms. The Labute approximate surface area is 254 Å². The molecule has 4 aliphatic rings. The summed E-state index contributed by atoms with van der Waals surface area (Å²) in [6, 6.07) is 10.4. The molecule has 0 bridgehead atoms. The first-order valence-electron chi connectivity index (χ1n) is 14.5. The van der Waals surface area contributed by atoms with E-state index in [1.54, 1.807) is 13.3 Å². The Morgan fingerprint density at radius 2 is 2.00 bits per heavy atom. The highest BCUT2D eigenvalue weighted by Crippen LogP contribution is 2.25. The van der Waals surface area contributed by atoms with Gasteiger partial charge in [0.25, 0.3) is 0 Å². The maximum atomic E-state index is 12.7. The molecule has 1 aromatic carbocycles. The van der Waals surface area contributed by atoms with Crippen LogP contribution < -0.4 is 21.1 Å². The molecule has 0 saturated carbocycles. The summed E-state index contributed by atoms with van der Waals surface area (Å²) in [6.07, 6.45) is 20.1. The van der Waals surface area contributed by atoms with Gasteiger partial charge < -0.3 is 30.7 Å². The van der Waals surface area contributed by atoms with Gasteiger partial charge in [-0.15, -0.1) is 0 Å². The van der Waals surface area contributed by atoms with E-state index in [0.717, 1.165) is 43.0 Å². The molecule has 0 aromatic heterocycles. The Hall–Kier alpha value is -4.44. The first kappa shape index (κ1) is 33.1. The average Bonchev–Trinajstić information content (AvgIpc) is 3.53. The van der Waals surface area contributed by atoms with Gasteiger partial charge in [0.15, 0.2) is 0 Å². The number of fused-ring (bicyclic) bond motifs is 1. The molecule has 0 radical (unpaired) electrons. The fourth-order valence-electron chi connectivity index (χ4n) is 5.31. The van der Waals surface area contributed by atoms with E-state index in [4.69, 9.17) is 14.3 Å². The van der Waals surface area contributed by atoms with Gasteiger partial charge in [-0.25, -0.2) is 0 Å². The number of rotatable bonds is 9. The zero-order valence-electron chi connectivity index (χ0n) is 25.0. The number of carbonyl (C=O) groups is 3. The SMILES string of the molecule is CC(NC=O)C1=CC2C=NC=CC2N1.COCC1CC(C)N(C(=O)CC2=CC=CC(Oc3ccccc3)C=C2)C1.NC=O. The highest BCUT2D eigenvalue weighted by Gasteiger charge is 2.32. The van der Waals surface area contributed by atoms with Crippen molar-refractivity contribution in [2.45, 2.75) is 50.9 Å². The topological polar surface area (TPSA) is 135 Å². The van der Waals surface area contributed by atoms with Crippen LogP contribution in [0.5, 0.6) is 5.75 Å². The van der Waals surface area contributed by atoms with Gasteiger partial charge in [-0.05, 0) is 56.2 Å². The number of allylic oxidation sites excluding steroid dienone is 3. The second kappa shape index (κ2) is 17.5. The van der Waals surface area contributed by atoms with E-state index < -0.39 is 0 Å². The van der Waals surface area contributed by atoms with Crippen LogP contribution in [0.15, 0.2) is 95.3 Å². The molecular formula is C33H43N5O5. The lowest BCUT2D eigenvalue weighted by molar-refractivity contribution is -0.131. The fraction of sp³-hybridized carbons (Fsp3) is 0.394. The van der Waals surface area contributed by atoms with Crippen molar-refractivity contribution in [2.75, 3.05) is 20.3 Å². The van der Waals surface area contributed by atoms with Gasteiger partial charge >= 0.3 is 0 Å². The predicted molar refractivity (Wildman–Crippen MR) is 168 cm³/mol. The minimum atomic E-state index is -0.127. The van der Waals surface area contributed by atoms with E-state index in [1.165, 1.54) is 0 Å². The third-order valence-electron chi connectivity index (χ3n) is 7.41. The highest BCUT2D eigenvalue weighted by molar-refractivity contribution is 5.80. The van der Waals surface area contributed by atoms with Crippen LogP contribution in [0, 0.1) is 11.8 Å². The number of likely N-dealkylation sites (tertiary alicyclic amines) is 1. The van der Waals surface area contributed by atoms with Crippen molar-refractivity contribution in [1.82, 2.24) is 15.5 Å². The van der Waals surface area contributed by atoms with Crippen molar-refractivity contribution in [1.29, 1.82) is 0 Å². The third kappa shape index (κ3) is 10.4. The number of benzene rings is 1. The number of amides is 3. The first-order valence-corrected chi connectivity index (χ1v) is 14.5. The Kier molecular flexibility index (Phi) is 13.5. The average molecular weight is 590 g/mol. The Morgan fingerprint density at radius 1 is 1.23 bits per heavy atom. The Bertz CT molecular complexity index is 1240. The van der Waals surface area contributed by atoms with Crippen LogP contribution in [0.2, 0.25) is 0 Å². The second-order valence-electron chi connectivity index (χ2n) is 10.7. The number of hydrogen-bond acceptors (Lipinski definition) is 7. The maximum absolute atomic E-state index is 12.7. The Balaban J connectivity index is 0.000000249. The van der Waals surface area contributed by atoms with Crippen LogP contribution in [0.3, 0.4) is 0 Å². The molecule has 3 aliphatic heterocycles. The quantitative estimate of drug-likeness (QED) is 0.379. The number of carbonyl (C=O) groups excluding carboxylic acids is 3. The Morgan fingerprint density at radius 3 is 2.70 bits per heavy atom. The van der Waals surface area contributed by atoms with E-state index in [1.807, 2.05) is 84.8 Å². The molecule has 1 aliphatic carbocycles. The van der Waals surface area contributed by atoms with E-state index in [-0.39, 0.29) is 30.5 Å². The maximum Gasteiger partial charge on any atom is 0.227 e. The molecule has 3 heterocycles. The molecular weight excluding hydrogens is 546 g/mol. The van der Waals surface area contributed by atoms with Crippen LogP contribution in [-0.2, 0) is 19.1 Å². The highest BCUT2D eigenvalue weighted by atomic mass is 16.5. The number of aliphatic imine (C=N–C) groups is 1. The van der Waals surface area contributed by atoms with E-state index in [2.05, 4.69) is 34.4 Å².